The van der Waals surface area contributed by atoms with Crippen LogP contribution < -0.4 is 15.4 Å². The molecule has 156 valence electrons. The number of anilines is 1. The highest BCUT2D eigenvalue weighted by molar-refractivity contribution is 6.09. The fourth-order valence-corrected chi connectivity index (χ4v) is 3.86. The van der Waals surface area contributed by atoms with Crippen molar-refractivity contribution in [2.45, 2.75) is 38.1 Å². The van der Waals surface area contributed by atoms with Gasteiger partial charge in [0.2, 0.25) is 0 Å². The number of hydrogen-bond acceptors (Lipinski definition) is 6. The van der Waals surface area contributed by atoms with E-state index in [1.54, 1.807) is 24.3 Å². The second kappa shape index (κ2) is 8.50. The van der Waals surface area contributed by atoms with Gasteiger partial charge in [0.05, 0.1) is 7.11 Å². The SMILES string of the molecule is COc1cccc(NC(=O)COC(=O)CN2C(=O)N[C@@]3(CCCC[C@@H]3C)C2=O)c1. The van der Waals surface area contributed by atoms with Crippen molar-refractivity contribution >= 4 is 29.5 Å². The number of benzene rings is 1. The first-order chi connectivity index (χ1) is 13.9. The predicted molar refractivity (Wildman–Crippen MR) is 103 cm³/mol. The Balaban J connectivity index is 1.52. The number of methoxy groups -OCH3 is 1. The van der Waals surface area contributed by atoms with Crippen LogP contribution in [0.5, 0.6) is 5.75 Å². The van der Waals surface area contributed by atoms with Gasteiger partial charge in [-0.1, -0.05) is 25.8 Å². The monoisotopic (exact) mass is 403 g/mol. The average molecular weight is 403 g/mol. The van der Waals surface area contributed by atoms with E-state index in [0.717, 1.165) is 24.2 Å². The first-order valence-corrected chi connectivity index (χ1v) is 9.59. The van der Waals surface area contributed by atoms with Gasteiger partial charge in [-0.3, -0.25) is 19.3 Å². The molecule has 0 unspecified atom stereocenters. The van der Waals surface area contributed by atoms with Gasteiger partial charge in [0.15, 0.2) is 6.61 Å². The lowest BCUT2D eigenvalue weighted by atomic mass is 9.73. The summed E-state index contributed by atoms with van der Waals surface area (Å²) in [6.07, 6.45) is 3.26. The third kappa shape index (κ3) is 4.33. The molecule has 29 heavy (non-hydrogen) atoms. The molecule has 1 aromatic rings. The van der Waals surface area contributed by atoms with Gasteiger partial charge >= 0.3 is 12.0 Å². The van der Waals surface area contributed by atoms with Crippen molar-refractivity contribution in [1.29, 1.82) is 0 Å². The van der Waals surface area contributed by atoms with Crippen LogP contribution in [0.3, 0.4) is 0 Å². The van der Waals surface area contributed by atoms with E-state index < -0.39 is 42.5 Å². The molecule has 0 radical (unpaired) electrons. The van der Waals surface area contributed by atoms with Crippen LogP contribution in [0.25, 0.3) is 0 Å². The van der Waals surface area contributed by atoms with Crippen molar-refractivity contribution < 1.29 is 28.7 Å². The number of hydrogen-bond donors (Lipinski definition) is 2. The molecule has 2 atom stereocenters. The quantitative estimate of drug-likeness (QED) is 0.552. The first kappa shape index (κ1) is 20.6. The summed E-state index contributed by atoms with van der Waals surface area (Å²) in [5, 5.41) is 5.35. The Kier molecular flexibility index (Phi) is 6.05. The zero-order chi connectivity index (χ0) is 21.0. The number of nitrogens with one attached hydrogen (secondary N) is 2. The fourth-order valence-electron chi connectivity index (χ4n) is 3.86. The molecule has 1 aliphatic carbocycles. The molecule has 9 heteroatoms. The van der Waals surface area contributed by atoms with E-state index in [2.05, 4.69) is 10.6 Å². The van der Waals surface area contributed by atoms with E-state index in [9.17, 15) is 19.2 Å². The Hall–Kier alpha value is -3.10. The van der Waals surface area contributed by atoms with Gasteiger partial charge in [-0.25, -0.2) is 4.79 Å². The van der Waals surface area contributed by atoms with Crippen molar-refractivity contribution in [1.82, 2.24) is 10.2 Å². The van der Waals surface area contributed by atoms with Gasteiger partial charge in [0.1, 0.15) is 17.8 Å². The summed E-state index contributed by atoms with van der Waals surface area (Å²) >= 11 is 0. The van der Waals surface area contributed by atoms with Crippen molar-refractivity contribution in [3.05, 3.63) is 24.3 Å². The van der Waals surface area contributed by atoms with E-state index in [1.165, 1.54) is 7.11 Å². The molecule has 9 nitrogen and oxygen atoms in total. The molecule has 1 heterocycles. The molecule has 3 rings (SSSR count). The van der Waals surface area contributed by atoms with Crippen LogP contribution in [-0.2, 0) is 19.1 Å². The molecule has 1 aliphatic heterocycles. The molecule has 0 bridgehead atoms. The Morgan fingerprint density at radius 2 is 2.10 bits per heavy atom. The number of carbonyl (C=O) groups excluding carboxylic acids is 4. The van der Waals surface area contributed by atoms with E-state index in [4.69, 9.17) is 9.47 Å². The molecule has 1 saturated heterocycles. The number of nitrogens with zero attached hydrogens (tertiary/aromatic N) is 1. The predicted octanol–water partition coefficient (Wildman–Crippen LogP) is 1.68. The van der Waals surface area contributed by atoms with Crippen molar-refractivity contribution in [2.75, 3.05) is 25.6 Å². The highest BCUT2D eigenvalue weighted by atomic mass is 16.5. The minimum absolute atomic E-state index is 0.00219. The lowest BCUT2D eigenvalue weighted by Gasteiger charge is -2.36. The second-order valence-electron chi connectivity index (χ2n) is 7.38. The molecule has 1 saturated carbocycles. The Morgan fingerprint density at radius 3 is 2.83 bits per heavy atom. The Labute approximate surface area is 168 Å². The maximum atomic E-state index is 12.8. The molecule has 2 fully saturated rings. The number of rotatable bonds is 6. The van der Waals surface area contributed by atoms with Crippen LogP contribution in [0.15, 0.2) is 24.3 Å². The van der Waals surface area contributed by atoms with Crippen molar-refractivity contribution in [2.24, 2.45) is 5.92 Å². The summed E-state index contributed by atoms with van der Waals surface area (Å²) < 4.78 is 10.0. The van der Waals surface area contributed by atoms with Gasteiger partial charge in [-0.15, -0.1) is 0 Å². The minimum Gasteiger partial charge on any atom is -0.497 e. The number of amides is 4. The zero-order valence-corrected chi connectivity index (χ0v) is 16.5. The molecular weight excluding hydrogens is 378 g/mol. The molecular formula is C20H25N3O6. The Bertz CT molecular complexity index is 826. The first-order valence-electron chi connectivity index (χ1n) is 9.59. The van der Waals surface area contributed by atoms with Gasteiger partial charge in [-0.05, 0) is 30.9 Å². The second-order valence-corrected chi connectivity index (χ2v) is 7.38. The lowest BCUT2D eigenvalue weighted by Crippen LogP contribution is -2.54. The lowest BCUT2D eigenvalue weighted by molar-refractivity contribution is -0.150. The number of ether oxygens (including phenoxy) is 2. The van der Waals surface area contributed by atoms with Crippen LogP contribution >= 0.6 is 0 Å². The van der Waals surface area contributed by atoms with Crippen LogP contribution in [0.1, 0.15) is 32.6 Å². The van der Waals surface area contributed by atoms with Crippen LogP contribution in [0, 0.1) is 5.92 Å². The largest absolute Gasteiger partial charge is 0.497 e. The number of carbonyl (C=O) groups is 4. The molecule has 1 spiro atoms. The molecule has 2 aliphatic rings. The van der Waals surface area contributed by atoms with E-state index in [0.29, 0.717) is 17.9 Å². The highest BCUT2D eigenvalue weighted by Gasteiger charge is 2.55. The smallest absolute Gasteiger partial charge is 0.326 e. The van der Waals surface area contributed by atoms with E-state index >= 15 is 0 Å². The molecule has 2 N–H and O–H groups in total. The summed E-state index contributed by atoms with van der Waals surface area (Å²) in [5.74, 6) is -1.19. The summed E-state index contributed by atoms with van der Waals surface area (Å²) in [4.78, 5) is 50.1. The van der Waals surface area contributed by atoms with Gasteiger partial charge < -0.3 is 20.1 Å². The summed E-state index contributed by atoms with van der Waals surface area (Å²) in [6, 6.07) is 6.13. The minimum atomic E-state index is -0.931. The van der Waals surface area contributed by atoms with E-state index in [-0.39, 0.29) is 5.92 Å². The third-order valence-electron chi connectivity index (χ3n) is 5.51. The number of urea groups is 1. The Morgan fingerprint density at radius 1 is 1.31 bits per heavy atom. The number of esters is 1. The van der Waals surface area contributed by atoms with Gasteiger partial charge in [-0.2, -0.15) is 0 Å². The molecule has 4 amide bonds. The van der Waals surface area contributed by atoms with Gasteiger partial charge in [0, 0.05) is 11.8 Å². The highest BCUT2D eigenvalue weighted by Crippen LogP contribution is 2.38. The van der Waals surface area contributed by atoms with Crippen molar-refractivity contribution in [3.8, 4) is 5.75 Å². The fraction of sp³-hybridized carbons (Fsp3) is 0.500. The molecule has 1 aromatic carbocycles. The summed E-state index contributed by atoms with van der Waals surface area (Å²) in [7, 11) is 1.51. The standard InChI is InChI=1S/C20H25N3O6/c1-13-6-3-4-9-20(13)18(26)23(19(27)22-20)11-17(25)29-12-16(24)21-14-7-5-8-15(10-14)28-2/h5,7-8,10,13H,3-4,6,9,11-12H2,1-2H3,(H,21,24)(H,22,27)/t13-,20+/m0/s1. The topological polar surface area (TPSA) is 114 Å². The zero-order valence-electron chi connectivity index (χ0n) is 16.5. The number of imide groups is 1. The average Bonchev–Trinajstić information content (AvgIpc) is 2.94. The van der Waals surface area contributed by atoms with Crippen LogP contribution in [-0.4, -0.2) is 54.5 Å². The maximum absolute atomic E-state index is 12.8. The summed E-state index contributed by atoms with van der Waals surface area (Å²) in [6.45, 7) is 0.884. The normalized spacial score (nSPS) is 23.7. The third-order valence-corrected chi connectivity index (χ3v) is 5.51. The van der Waals surface area contributed by atoms with Gasteiger partial charge in [0.25, 0.3) is 11.8 Å². The van der Waals surface area contributed by atoms with Crippen LogP contribution in [0.2, 0.25) is 0 Å². The summed E-state index contributed by atoms with van der Waals surface area (Å²) in [5.41, 5.74) is -0.438. The maximum Gasteiger partial charge on any atom is 0.326 e. The van der Waals surface area contributed by atoms with Crippen molar-refractivity contribution in [3.63, 3.8) is 0 Å². The van der Waals surface area contributed by atoms with Crippen LogP contribution in [0.4, 0.5) is 10.5 Å². The molecule has 0 aromatic heterocycles. The van der Waals surface area contributed by atoms with E-state index in [1.807, 2.05) is 6.92 Å².